The molecule has 0 saturated carbocycles. The molecular weight excluding hydrogens is 414 g/mol. The van der Waals surface area contributed by atoms with Crippen LogP contribution in [0.4, 0.5) is 5.95 Å². The molecule has 30 heavy (non-hydrogen) atoms. The normalized spacial score (nSPS) is 20.9. The highest BCUT2D eigenvalue weighted by Gasteiger charge is 2.38. The van der Waals surface area contributed by atoms with Gasteiger partial charge in [0.2, 0.25) is 5.95 Å². The molecule has 3 aromatic rings. The topological polar surface area (TPSA) is 189 Å². The molecule has 1 saturated heterocycles. The number of carboxylic acids is 1. The van der Waals surface area contributed by atoms with E-state index in [0.29, 0.717) is 16.9 Å². The first-order valence-corrected chi connectivity index (χ1v) is 9.62. The second-order valence-corrected chi connectivity index (χ2v) is 7.63. The summed E-state index contributed by atoms with van der Waals surface area (Å²) in [6.45, 7) is 0. The van der Waals surface area contributed by atoms with Gasteiger partial charge in [0.1, 0.15) is 10.9 Å². The zero-order valence-corrected chi connectivity index (χ0v) is 16.1. The number of nitrogens with zero attached hydrogens (tertiary/aromatic N) is 5. The number of benzene rings is 1. The van der Waals surface area contributed by atoms with Crippen molar-refractivity contribution < 1.29 is 14.6 Å². The van der Waals surface area contributed by atoms with Crippen molar-refractivity contribution in [2.45, 2.75) is 31.2 Å². The van der Waals surface area contributed by atoms with E-state index in [1.54, 1.807) is 18.2 Å². The Kier molecular flexibility index (Phi) is 4.99. The van der Waals surface area contributed by atoms with E-state index in [9.17, 15) is 19.5 Å². The molecule has 154 valence electrons. The number of aromatic carboxylic acids is 1. The first-order valence-electron chi connectivity index (χ1n) is 8.80. The average Bonchev–Trinajstić information content (AvgIpc) is 3.22. The van der Waals surface area contributed by atoms with E-state index < -0.39 is 34.8 Å². The number of aromatic nitrogens is 3. The number of carbonyl (C=O) groups is 1. The number of anilines is 1. The number of H-pyrrole nitrogens is 1. The summed E-state index contributed by atoms with van der Waals surface area (Å²) >= 11 is 0.686. The van der Waals surface area contributed by atoms with Gasteiger partial charge >= 0.3 is 10.8 Å². The summed E-state index contributed by atoms with van der Waals surface area (Å²) in [6, 6.07) is 5.75. The maximum atomic E-state index is 12.6. The summed E-state index contributed by atoms with van der Waals surface area (Å²) in [5.74, 6) is -1.23. The highest BCUT2D eigenvalue weighted by atomic mass is 32.1. The van der Waals surface area contributed by atoms with Crippen LogP contribution >= 0.6 is 11.3 Å². The van der Waals surface area contributed by atoms with Gasteiger partial charge in [0.15, 0.2) is 5.65 Å². The predicted octanol–water partition coefficient (Wildman–Crippen LogP) is 1.64. The molecule has 3 atom stereocenters. The maximum Gasteiger partial charge on any atom is 0.335 e. The number of nitrogens with one attached hydrogen (secondary N) is 1. The molecule has 1 aliphatic heterocycles. The van der Waals surface area contributed by atoms with Gasteiger partial charge in [-0.05, 0) is 30.0 Å². The van der Waals surface area contributed by atoms with Crippen LogP contribution in [0.1, 0.15) is 28.6 Å². The van der Waals surface area contributed by atoms with Crippen molar-refractivity contribution in [3.8, 4) is 0 Å². The Hall–Kier alpha value is -3.67. The summed E-state index contributed by atoms with van der Waals surface area (Å²) in [5.41, 5.74) is 14.8. The molecule has 4 rings (SSSR count). The van der Waals surface area contributed by atoms with E-state index in [2.05, 4.69) is 20.0 Å². The zero-order valence-electron chi connectivity index (χ0n) is 15.3. The monoisotopic (exact) mass is 429 g/mol. The summed E-state index contributed by atoms with van der Waals surface area (Å²) in [7, 11) is 0. The van der Waals surface area contributed by atoms with Crippen LogP contribution in [0, 0.1) is 0 Å². The molecule has 0 aliphatic carbocycles. The number of thiazole rings is 1. The fourth-order valence-electron chi connectivity index (χ4n) is 3.59. The number of nitrogens with two attached hydrogens (primary N) is 1. The van der Waals surface area contributed by atoms with E-state index >= 15 is 0 Å². The quantitative estimate of drug-likeness (QED) is 0.312. The van der Waals surface area contributed by atoms with E-state index in [0.717, 1.165) is 4.57 Å². The van der Waals surface area contributed by atoms with Crippen molar-refractivity contribution in [2.24, 2.45) is 5.11 Å². The second-order valence-electron chi connectivity index (χ2n) is 6.66. The number of ether oxygens (including phenoxy) is 1. The molecule has 12 nitrogen and oxygen atoms in total. The van der Waals surface area contributed by atoms with Gasteiger partial charge in [0, 0.05) is 4.91 Å². The summed E-state index contributed by atoms with van der Waals surface area (Å²) in [5, 5.41) is 13.1. The van der Waals surface area contributed by atoms with Gasteiger partial charge in [0.05, 0.1) is 17.7 Å². The van der Waals surface area contributed by atoms with Gasteiger partial charge in [-0.3, -0.25) is 19.1 Å². The number of carboxylic acid groups (broad SMARTS) is 1. The number of hydrogen-bond donors (Lipinski definition) is 3. The van der Waals surface area contributed by atoms with Crippen LogP contribution in [0.25, 0.3) is 20.8 Å². The number of azide groups is 1. The molecule has 0 unspecified atom stereocenters. The third-order valence-electron chi connectivity index (χ3n) is 4.81. The third-order valence-corrected chi connectivity index (χ3v) is 5.75. The molecule has 4 N–H and O–H groups in total. The fourth-order valence-corrected chi connectivity index (χ4v) is 4.43. The molecule has 0 radical (unpaired) electrons. The lowest BCUT2D eigenvalue weighted by Crippen LogP contribution is -2.26. The standard InChI is InChI=1S/C17H15N7O5S/c18-16-20-12-11(13(25)21-16)30-17(28)24(12)14-10(22-23-19)6-8(29-14)5-7-3-1-2-4-9(7)15(26)27/h1-4,8,10,14H,5-6H2,(H,26,27)(H3,18,20,21,25)/t8-,10+,14+/m0/s1. The van der Waals surface area contributed by atoms with Crippen molar-refractivity contribution in [3.63, 3.8) is 0 Å². The Balaban J connectivity index is 1.73. The Labute approximate surface area is 171 Å². The zero-order chi connectivity index (χ0) is 21.4. The number of hydrogen-bond acceptors (Lipinski definition) is 8. The lowest BCUT2D eigenvalue weighted by Gasteiger charge is -2.17. The Morgan fingerprint density at radius 2 is 2.23 bits per heavy atom. The van der Waals surface area contributed by atoms with E-state index in [1.165, 1.54) is 6.07 Å². The fraction of sp³-hybridized carbons (Fsp3) is 0.294. The molecule has 0 spiro atoms. The van der Waals surface area contributed by atoms with Crippen LogP contribution in [-0.4, -0.2) is 37.8 Å². The molecule has 13 heteroatoms. The molecule has 1 aliphatic rings. The largest absolute Gasteiger partial charge is 0.478 e. The molecular formula is C17H15N7O5S. The Morgan fingerprint density at radius 3 is 2.97 bits per heavy atom. The van der Waals surface area contributed by atoms with Crippen LogP contribution < -0.4 is 16.2 Å². The molecule has 1 aromatic carbocycles. The van der Waals surface area contributed by atoms with Crippen molar-refractivity contribution in [1.29, 1.82) is 0 Å². The third kappa shape index (κ3) is 3.41. The summed E-state index contributed by atoms with van der Waals surface area (Å²) in [6.07, 6.45) is -1.03. The smallest absolute Gasteiger partial charge is 0.335 e. The van der Waals surface area contributed by atoms with E-state index in [4.69, 9.17) is 16.0 Å². The van der Waals surface area contributed by atoms with Gasteiger partial charge in [-0.1, -0.05) is 34.7 Å². The minimum atomic E-state index is -1.06. The highest BCUT2D eigenvalue weighted by Crippen LogP contribution is 2.34. The van der Waals surface area contributed by atoms with E-state index in [-0.39, 0.29) is 34.7 Å². The summed E-state index contributed by atoms with van der Waals surface area (Å²) < 4.78 is 7.24. The highest BCUT2D eigenvalue weighted by molar-refractivity contribution is 7.16. The number of aromatic amines is 1. The molecule has 0 amide bonds. The van der Waals surface area contributed by atoms with Crippen molar-refractivity contribution in [1.82, 2.24) is 14.5 Å². The second kappa shape index (κ2) is 7.63. The van der Waals surface area contributed by atoms with Crippen LogP contribution in [0.5, 0.6) is 0 Å². The lowest BCUT2D eigenvalue weighted by molar-refractivity contribution is -0.000832. The van der Waals surface area contributed by atoms with Gasteiger partial charge in [-0.25, -0.2) is 4.79 Å². The van der Waals surface area contributed by atoms with E-state index in [1.807, 2.05) is 0 Å². The Bertz CT molecular complexity index is 1310. The summed E-state index contributed by atoms with van der Waals surface area (Å²) in [4.78, 5) is 44.9. The first-order chi connectivity index (χ1) is 14.4. The molecule has 1 fully saturated rings. The van der Waals surface area contributed by atoms with Crippen LogP contribution in [0.3, 0.4) is 0 Å². The van der Waals surface area contributed by atoms with Crippen LogP contribution in [0.2, 0.25) is 0 Å². The van der Waals surface area contributed by atoms with Crippen LogP contribution in [0.15, 0.2) is 39.0 Å². The predicted molar refractivity (Wildman–Crippen MR) is 107 cm³/mol. The minimum Gasteiger partial charge on any atom is -0.478 e. The van der Waals surface area contributed by atoms with Gasteiger partial charge in [-0.15, -0.1) is 0 Å². The molecule has 3 heterocycles. The lowest BCUT2D eigenvalue weighted by atomic mass is 9.99. The molecule has 0 bridgehead atoms. The maximum absolute atomic E-state index is 12.6. The minimum absolute atomic E-state index is 0.0426. The van der Waals surface area contributed by atoms with Crippen molar-refractivity contribution in [3.05, 3.63) is 65.9 Å². The van der Waals surface area contributed by atoms with Gasteiger partial charge in [0.25, 0.3) is 5.56 Å². The van der Waals surface area contributed by atoms with Gasteiger partial charge < -0.3 is 15.6 Å². The van der Waals surface area contributed by atoms with Crippen LogP contribution in [-0.2, 0) is 11.2 Å². The van der Waals surface area contributed by atoms with Crippen molar-refractivity contribution >= 4 is 33.6 Å². The Morgan fingerprint density at radius 1 is 1.47 bits per heavy atom. The number of fused-ring (bicyclic) bond motifs is 1. The van der Waals surface area contributed by atoms with Gasteiger partial charge in [-0.2, -0.15) is 4.98 Å². The number of nitrogen functional groups attached to an aromatic ring is 1. The number of rotatable bonds is 5. The molecule has 2 aromatic heterocycles. The SMILES string of the molecule is [N-]=[N+]=N[C@@H]1C[C@H](Cc2ccccc2C(=O)O)O[C@H]1n1c(=O)sc2c(=O)[nH]c(N)nc21. The average molecular weight is 429 g/mol. The first kappa shape index (κ1) is 19.6. The van der Waals surface area contributed by atoms with Crippen molar-refractivity contribution in [2.75, 3.05) is 5.73 Å².